The lowest BCUT2D eigenvalue weighted by Gasteiger charge is -2.61. The molecule has 4 aliphatic carbocycles. The topological polar surface area (TPSA) is 46.5 Å². The molecule has 4 aliphatic rings. The van der Waals surface area contributed by atoms with Crippen LogP contribution in [-0.2, 0) is 9.53 Å². The van der Waals surface area contributed by atoms with E-state index in [0.29, 0.717) is 17.7 Å². The van der Waals surface area contributed by atoms with Gasteiger partial charge in [-0.2, -0.15) is 0 Å². The molecule has 0 bridgehead atoms. The number of thioether (sulfide) groups is 1. The van der Waals surface area contributed by atoms with E-state index in [1.54, 1.807) is 13.2 Å². The molecule has 0 aromatic rings. The maximum absolute atomic E-state index is 17.0. The Hall–Kier alpha value is -0.650. The minimum absolute atomic E-state index is 0.00757. The molecule has 0 saturated heterocycles. The summed E-state index contributed by atoms with van der Waals surface area (Å²) < 4.78 is 22.6. The molecule has 1 N–H and O–H groups in total. The van der Waals surface area contributed by atoms with Crippen LogP contribution in [0.25, 0.3) is 0 Å². The van der Waals surface area contributed by atoms with Gasteiger partial charge in [0.05, 0.1) is 17.1 Å². The highest BCUT2D eigenvalue weighted by atomic mass is 32.2. The SMILES string of the molecule is CCSC1=C[C@@]2(C)C(=CC1=O)CC[C@H]1[C@@H]3CC(OC)C[C@@]3(C)CC(O)C12F. The van der Waals surface area contributed by atoms with Crippen molar-refractivity contribution < 1.29 is 19.0 Å². The number of ether oxygens (including phenoxy) is 1. The van der Waals surface area contributed by atoms with Crippen molar-refractivity contribution in [2.45, 2.75) is 70.8 Å². The summed E-state index contributed by atoms with van der Waals surface area (Å²) >= 11 is 1.48. The van der Waals surface area contributed by atoms with Gasteiger partial charge in [-0.3, -0.25) is 4.79 Å². The lowest BCUT2D eigenvalue weighted by atomic mass is 9.46. The number of allylic oxidation sites excluding steroid dienone is 4. The van der Waals surface area contributed by atoms with Crippen LogP contribution >= 0.6 is 11.8 Å². The number of methoxy groups -OCH3 is 1. The van der Waals surface area contributed by atoms with Gasteiger partial charge in [0.1, 0.15) is 0 Å². The van der Waals surface area contributed by atoms with Crippen LogP contribution in [0.4, 0.5) is 4.39 Å². The van der Waals surface area contributed by atoms with Crippen LogP contribution in [-0.4, -0.2) is 41.6 Å². The summed E-state index contributed by atoms with van der Waals surface area (Å²) in [5, 5.41) is 11.2. The summed E-state index contributed by atoms with van der Waals surface area (Å²) in [6, 6.07) is 0. The lowest BCUT2D eigenvalue weighted by molar-refractivity contribution is -0.189. The molecular weight excluding hydrogens is 363 g/mol. The Balaban J connectivity index is 1.79. The van der Waals surface area contributed by atoms with Crippen LogP contribution in [0, 0.1) is 22.7 Å². The Kier molecular flexibility index (Phi) is 4.68. The lowest BCUT2D eigenvalue weighted by Crippen LogP contribution is -2.66. The van der Waals surface area contributed by atoms with E-state index in [1.807, 2.05) is 19.9 Å². The van der Waals surface area contributed by atoms with Crippen LogP contribution in [0.1, 0.15) is 52.9 Å². The Morgan fingerprint density at radius 1 is 1.33 bits per heavy atom. The van der Waals surface area contributed by atoms with Gasteiger partial charge in [0, 0.05) is 18.4 Å². The molecule has 0 amide bonds. The predicted octanol–water partition coefficient (Wildman–Crippen LogP) is 4.45. The zero-order valence-electron chi connectivity index (χ0n) is 16.8. The van der Waals surface area contributed by atoms with E-state index in [2.05, 4.69) is 6.92 Å². The molecule has 7 atom stereocenters. The Bertz CT molecular complexity index is 718. The van der Waals surface area contributed by atoms with Gasteiger partial charge in [-0.05, 0) is 62.2 Å². The maximum Gasteiger partial charge on any atom is 0.191 e. The standard InChI is InChI=1S/C22H31FO3S/c1-5-27-18-11-21(3)13(8-17(18)24)6-7-15-16-9-14(26-4)10-20(16,2)12-19(25)22(15,21)23/h8,11,14-16,19,25H,5-7,9-10,12H2,1-4H3/t14?,15-,16-,19?,20-,21-,22?/m0/s1. The van der Waals surface area contributed by atoms with Gasteiger partial charge in [-0.1, -0.05) is 25.5 Å². The number of hydrogen-bond acceptors (Lipinski definition) is 4. The van der Waals surface area contributed by atoms with E-state index in [4.69, 9.17) is 4.74 Å². The summed E-state index contributed by atoms with van der Waals surface area (Å²) in [6.07, 6.45) is 6.28. The van der Waals surface area contributed by atoms with Gasteiger partial charge in [-0.25, -0.2) is 4.39 Å². The predicted molar refractivity (Wildman–Crippen MR) is 106 cm³/mol. The van der Waals surface area contributed by atoms with Crippen molar-refractivity contribution >= 4 is 17.5 Å². The Labute approximate surface area is 165 Å². The second kappa shape index (κ2) is 6.43. The fourth-order valence-corrected chi connectivity index (χ4v) is 7.56. The van der Waals surface area contributed by atoms with E-state index in [1.165, 1.54) is 11.8 Å². The number of aliphatic hydroxyl groups excluding tert-OH is 1. The molecule has 0 aliphatic heterocycles. The summed E-state index contributed by atoms with van der Waals surface area (Å²) in [4.78, 5) is 13.1. The largest absolute Gasteiger partial charge is 0.390 e. The minimum atomic E-state index is -1.73. The first-order valence-electron chi connectivity index (χ1n) is 10.2. The fourth-order valence-electron chi connectivity index (χ4n) is 6.73. The van der Waals surface area contributed by atoms with Crippen LogP contribution < -0.4 is 0 Å². The van der Waals surface area contributed by atoms with E-state index < -0.39 is 17.2 Å². The number of fused-ring (bicyclic) bond motifs is 5. The summed E-state index contributed by atoms with van der Waals surface area (Å²) in [7, 11) is 1.73. The van der Waals surface area contributed by atoms with Crippen LogP contribution in [0.15, 0.2) is 22.6 Å². The third-order valence-electron chi connectivity index (χ3n) is 8.06. The number of aliphatic hydroxyl groups is 1. The number of carbonyl (C=O) groups excluding carboxylic acids is 1. The summed E-state index contributed by atoms with van der Waals surface area (Å²) in [5.74, 6) is 0.776. The molecular formula is C22H31FO3S. The van der Waals surface area contributed by atoms with Gasteiger partial charge in [0.2, 0.25) is 0 Å². The molecule has 150 valence electrons. The molecule has 3 unspecified atom stereocenters. The normalized spacial score (nSPS) is 49.0. The highest BCUT2D eigenvalue weighted by Crippen LogP contribution is 2.68. The maximum atomic E-state index is 17.0. The monoisotopic (exact) mass is 394 g/mol. The van der Waals surface area contributed by atoms with Crippen molar-refractivity contribution in [2.24, 2.45) is 22.7 Å². The molecule has 0 heterocycles. The van der Waals surface area contributed by atoms with Gasteiger partial charge < -0.3 is 9.84 Å². The molecule has 27 heavy (non-hydrogen) atoms. The molecule has 0 aromatic heterocycles. The van der Waals surface area contributed by atoms with Crippen molar-refractivity contribution in [1.29, 1.82) is 0 Å². The first kappa shape index (κ1) is 19.7. The van der Waals surface area contributed by atoms with Crippen molar-refractivity contribution in [3.05, 3.63) is 22.6 Å². The molecule has 0 radical (unpaired) electrons. The average molecular weight is 395 g/mol. The number of rotatable bonds is 3. The number of ketones is 1. The first-order valence-corrected chi connectivity index (χ1v) is 11.2. The molecule has 3 nitrogen and oxygen atoms in total. The van der Waals surface area contributed by atoms with Gasteiger partial charge in [0.25, 0.3) is 0 Å². The fraction of sp³-hybridized carbons (Fsp3) is 0.773. The smallest absolute Gasteiger partial charge is 0.191 e. The third kappa shape index (κ3) is 2.57. The van der Waals surface area contributed by atoms with Crippen molar-refractivity contribution in [1.82, 2.24) is 0 Å². The van der Waals surface area contributed by atoms with Gasteiger partial charge >= 0.3 is 0 Å². The third-order valence-corrected chi connectivity index (χ3v) is 8.98. The first-order chi connectivity index (χ1) is 12.7. The summed E-state index contributed by atoms with van der Waals surface area (Å²) in [6.45, 7) is 6.10. The quantitative estimate of drug-likeness (QED) is 0.768. The van der Waals surface area contributed by atoms with Gasteiger partial charge in [0.15, 0.2) is 11.5 Å². The molecule has 0 spiro atoms. The summed E-state index contributed by atoms with van der Waals surface area (Å²) in [5.41, 5.74) is -1.86. The van der Waals surface area contributed by atoms with E-state index in [9.17, 15) is 9.90 Å². The van der Waals surface area contributed by atoms with Crippen molar-refractivity contribution in [3.8, 4) is 0 Å². The number of carbonyl (C=O) groups is 1. The Morgan fingerprint density at radius 3 is 2.74 bits per heavy atom. The molecule has 3 saturated carbocycles. The molecule has 5 heteroatoms. The van der Waals surface area contributed by atoms with E-state index in [0.717, 1.165) is 30.6 Å². The molecule has 0 aromatic carbocycles. The highest BCUT2D eigenvalue weighted by Gasteiger charge is 2.69. The highest BCUT2D eigenvalue weighted by molar-refractivity contribution is 8.04. The second-order valence-corrected chi connectivity index (χ2v) is 10.7. The van der Waals surface area contributed by atoms with Crippen molar-refractivity contribution in [2.75, 3.05) is 12.9 Å². The molecule has 3 fully saturated rings. The Morgan fingerprint density at radius 2 is 2.07 bits per heavy atom. The minimum Gasteiger partial charge on any atom is -0.390 e. The second-order valence-electron chi connectivity index (χ2n) is 9.37. The van der Waals surface area contributed by atoms with Crippen LogP contribution in [0.2, 0.25) is 0 Å². The number of alkyl halides is 1. The number of halogens is 1. The van der Waals surface area contributed by atoms with E-state index >= 15 is 4.39 Å². The van der Waals surface area contributed by atoms with Crippen LogP contribution in [0.3, 0.4) is 0 Å². The van der Waals surface area contributed by atoms with Crippen molar-refractivity contribution in [3.63, 3.8) is 0 Å². The van der Waals surface area contributed by atoms with Crippen LogP contribution in [0.5, 0.6) is 0 Å². The number of hydrogen-bond donors (Lipinski definition) is 1. The molecule has 4 rings (SSSR count). The average Bonchev–Trinajstić information content (AvgIpc) is 2.94. The zero-order valence-corrected chi connectivity index (χ0v) is 17.6. The van der Waals surface area contributed by atoms with Gasteiger partial charge in [-0.15, -0.1) is 11.8 Å². The zero-order chi connectivity index (χ0) is 19.6. The van der Waals surface area contributed by atoms with E-state index in [-0.39, 0.29) is 29.1 Å².